The van der Waals surface area contributed by atoms with Crippen molar-refractivity contribution in [1.82, 2.24) is 24.5 Å². The van der Waals surface area contributed by atoms with Crippen LogP contribution in [0.4, 0.5) is 8.78 Å². The molecule has 0 unspecified atom stereocenters. The van der Waals surface area contributed by atoms with Gasteiger partial charge in [0.1, 0.15) is 5.69 Å². The third-order valence-corrected chi connectivity index (χ3v) is 6.50. The van der Waals surface area contributed by atoms with E-state index in [0.717, 1.165) is 0 Å². The number of hydrogen-bond donors (Lipinski definition) is 1. The minimum atomic E-state index is -4.66. The average Bonchev–Trinajstić information content (AvgIpc) is 3.05. The highest BCUT2D eigenvalue weighted by Crippen LogP contribution is 2.64. The van der Waals surface area contributed by atoms with Gasteiger partial charge in [-0.3, -0.25) is 23.6 Å². The van der Waals surface area contributed by atoms with Gasteiger partial charge >= 0.3 is 18.9 Å². The maximum Gasteiger partial charge on any atom is 0.400 e. The summed E-state index contributed by atoms with van der Waals surface area (Å²) in [5.41, 5.74) is -3.93. The van der Waals surface area contributed by atoms with Crippen LogP contribution in [-0.2, 0) is 26.7 Å². The minimum Gasteiger partial charge on any atom is -0.302 e. The Hall–Kier alpha value is -2.17. The van der Waals surface area contributed by atoms with Crippen LogP contribution in [0.2, 0.25) is 0 Å². The molecular weight excluding hydrogens is 435 g/mol. The van der Waals surface area contributed by atoms with Crippen LogP contribution in [0, 0.1) is 6.92 Å². The summed E-state index contributed by atoms with van der Waals surface area (Å²) in [6, 6.07) is 0. The standard InChI is InChI=1S/C18H28F2N5O5P/c1-12(2)29-31(28,30-13(3)4)18(19,20)7-6-8-25-11-15(22-23-25)10-24-9-14(5)16(26)21-17(24)27/h9,11-13H,6-8,10H2,1-5H3,(H,21,26,27). The SMILES string of the molecule is Cc1cn(Cc2cn(CCCC(F)(F)P(=O)(OC(C)C)OC(C)C)nn2)c(=O)[nH]c1=O. The molecule has 174 valence electrons. The number of H-pyrrole nitrogens is 1. The number of rotatable bonds is 11. The first-order valence-corrected chi connectivity index (χ1v) is 11.4. The molecule has 0 aromatic carbocycles. The molecule has 0 bridgehead atoms. The molecule has 2 aromatic heterocycles. The van der Waals surface area contributed by atoms with Gasteiger partial charge in [-0.1, -0.05) is 5.21 Å². The Morgan fingerprint density at radius 2 is 1.77 bits per heavy atom. The highest BCUT2D eigenvalue weighted by Gasteiger charge is 2.53. The molecule has 0 spiro atoms. The van der Waals surface area contributed by atoms with Crippen LogP contribution in [0.5, 0.6) is 0 Å². The van der Waals surface area contributed by atoms with Gasteiger partial charge in [0.05, 0.1) is 24.9 Å². The van der Waals surface area contributed by atoms with Gasteiger partial charge in [0.2, 0.25) is 0 Å². The van der Waals surface area contributed by atoms with Crippen molar-refractivity contribution >= 4 is 7.60 Å². The molecule has 0 fully saturated rings. The second-order valence-corrected chi connectivity index (χ2v) is 9.82. The lowest BCUT2D eigenvalue weighted by atomic mass is 10.3. The molecule has 0 radical (unpaired) electrons. The molecule has 10 nitrogen and oxygen atoms in total. The van der Waals surface area contributed by atoms with Gasteiger partial charge in [0, 0.05) is 24.7 Å². The first-order chi connectivity index (χ1) is 14.3. The Morgan fingerprint density at radius 1 is 1.16 bits per heavy atom. The van der Waals surface area contributed by atoms with Gasteiger partial charge in [0.25, 0.3) is 5.56 Å². The molecule has 0 aliphatic heterocycles. The monoisotopic (exact) mass is 463 g/mol. The molecule has 0 saturated carbocycles. The molecule has 2 heterocycles. The number of hydrogen-bond acceptors (Lipinski definition) is 7. The largest absolute Gasteiger partial charge is 0.400 e. The third kappa shape index (κ3) is 6.65. The van der Waals surface area contributed by atoms with Crippen molar-refractivity contribution in [2.24, 2.45) is 0 Å². The number of aryl methyl sites for hydroxylation is 2. The highest BCUT2D eigenvalue weighted by molar-refractivity contribution is 7.55. The van der Waals surface area contributed by atoms with Crippen molar-refractivity contribution in [2.75, 3.05) is 0 Å². The summed E-state index contributed by atoms with van der Waals surface area (Å²) in [5.74, 6) is 0. The predicted molar refractivity (Wildman–Crippen MR) is 109 cm³/mol. The van der Waals surface area contributed by atoms with Crippen molar-refractivity contribution in [1.29, 1.82) is 0 Å². The Bertz CT molecular complexity index is 1030. The normalized spacial score (nSPS) is 12.8. The van der Waals surface area contributed by atoms with Gasteiger partial charge in [-0.25, -0.2) is 4.79 Å². The lowest BCUT2D eigenvalue weighted by molar-refractivity contribution is 0.0118. The fourth-order valence-electron chi connectivity index (χ4n) is 2.76. The number of alkyl halides is 2. The van der Waals surface area contributed by atoms with E-state index in [1.807, 2.05) is 0 Å². The molecule has 31 heavy (non-hydrogen) atoms. The van der Waals surface area contributed by atoms with E-state index >= 15 is 0 Å². The van der Waals surface area contributed by atoms with E-state index in [0.29, 0.717) is 11.3 Å². The molecule has 0 amide bonds. The van der Waals surface area contributed by atoms with Crippen LogP contribution >= 0.6 is 7.60 Å². The molecule has 1 N–H and O–H groups in total. The second-order valence-electron chi connectivity index (χ2n) is 7.75. The summed E-state index contributed by atoms with van der Waals surface area (Å²) in [6.45, 7) is 7.77. The molecule has 0 saturated heterocycles. The maximum absolute atomic E-state index is 14.7. The summed E-state index contributed by atoms with van der Waals surface area (Å²) in [5, 5.41) is 7.78. The van der Waals surface area contributed by atoms with Crippen LogP contribution in [0.3, 0.4) is 0 Å². The number of halogens is 2. The minimum absolute atomic E-state index is 0.0551. The van der Waals surface area contributed by atoms with E-state index in [4.69, 9.17) is 9.05 Å². The van der Waals surface area contributed by atoms with Crippen molar-refractivity contribution in [3.05, 3.63) is 44.5 Å². The van der Waals surface area contributed by atoms with Gasteiger partial charge in [-0.05, 0) is 41.0 Å². The van der Waals surface area contributed by atoms with Crippen molar-refractivity contribution in [3.63, 3.8) is 0 Å². The van der Waals surface area contributed by atoms with E-state index in [2.05, 4.69) is 15.3 Å². The molecule has 0 aliphatic rings. The van der Waals surface area contributed by atoms with E-state index < -0.39 is 43.1 Å². The Morgan fingerprint density at radius 3 is 2.35 bits per heavy atom. The number of nitrogens with one attached hydrogen (secondary N) is 1. The Balaban J connectivity index is 2.02. The van der Waals surface area contributed by atoms with Crippen LogP contribution in [0.1, 0.15) is 51.8 Å². The first-order valence-electron chi connectivity index (χ1n) is 9.87. The predicted octanol–water partition coefficient (Wildman–Crippen LogP) is 2.90. The van der Waals surface area contributed by atoms with Crippen LogP contribution in [-0.4, -0.2) is 42.4 Å². The smallest absolute Gasteiger partial charge is 0.302 e. The lowest BCUT2D eigenvalue weighted by Gasteiger charge is -2.29. The molecular formula is C18H28F2N5O5P. The zero-order valence-corrected chi connectivity index (χ0v) is 19.1. The van der Waals surface area contributed by atoms with Gasteiger partial charge in [-0.2, -0.15) is 8.78 Å². The third-order valence-electron chi connectivity index (χ3n) is 4.07. The Labute approximate surface area is 178 Å². The van der Waals surface area contributed by atoms with Crippen molar-refractivity contribution < 1.29 is 22.4 Å². The van der Waals surface area contributed by atoms with E-state index in [1.54, 1.807) is 6.92 Å². The van der Waals surface area contributed by atoms with E-state index in [1.165, 1.54) is 49.3 Å². The molecule has 13 heteroatoms. The number of nitrogens with zero attached hydrogens (tertiary/aromatic N) is 4. The van der Waals surface area contributed by atoms with Crippen molar-refractivity contribution in [2.45, 2.75) is 78.4 Å². The topological polar surface area (TPSA) is 121 Å². The fourth-order valence-corrected chi connectivity index (χ4v) is 4.66. The molecule has 2 rings (SSSR count). The van der Waals surface area contributed by atoms with E-state index in [-0.39, 0.29) is 19.5 Å². The first kappa shape index (κ1) is 25.1. The summed E-state index contributed by atoms with van der Waals surface area (Å²) in [4.78, 5) is 25.5. The number of aromatic amines is 1. The maximum atomic E-state index is 14.7. The van der Waals surface area contributed by atoms with Gasteiger partial charge < -0.3 is 9.05 Å². The zero-order chi connectivity index (χ0) is 23.4. The summed E-state index contributed by atoms with van der Waals surface area (Å²) >= 11 is 0. The van der Waals surface area contributed by atoms with Crippen LogP contribution in [0.25, 0.3) is 0 Å². The highest BCUT2D eigenvalue weighted by atomic mass is 31.2. The van der Waals surface area contributed by atoms with Crippen LogP contribution in [0.15, 0.2) is 22.0 Å². The molecule has 0 aliphatic carbocycles. The molecule has 2 aromatic rings. The lowest BCUT2D eigenvalue weighted by Crippen LogP contribution is -2.31. The van der Waals surface area contributed by atoms with Gasteiger partial charge in [0.15, 0.2) is 0 Å². The summed E-state index contributed by atoms with van der Waals surface area (Å²) in [6.07, 6.45) is 0.765. The van der Waals surface area contributed by atoms with Crippen LogP contribution < -0.4 is 11.2 Å². The molecule has 0 atom stereocenters. The van der Waals surface area contributed by atoms with Gasteiger partial charge in [-0.15, -0.1) is 5.10 Å². The fraction of sp³-hybridized carbons (Fsp3) is 0.667. The average molecular weight is 463 g/mol. The summed E-state index contributed by atoms with van der Waals surface area (Å²) in [7, 11) is -4.66. The summed E-state index contributed by atoms with van der Waals surface area (Å²) < 4.78 is 54.7. The number of aromatic nitrogens is 5. The van der Waals surface area contributed by atoms with E-state index in [9.17, 15) is 22.9 Å². The van der Waals surface area contributed by atoms with Crippen molar-refractivity contribution in [3.8, 4) is 0 Å². The second kappa shape index (κ2) is 9.97. The zero-order valence-electron chi connectivity index (χ0n) is 18.2. The quantitative estimate of drug-likeness (QED) is 0.509. The Kier molecular flexibility index (Phi) is 8.07.